The molecule has 32 heavy (non-hydrogen) atoms. The Morgan fingerprint density at radius 1 is 1.00 bits per heavy atom. The van der Waals surface area contributed by atoms with Gasteiger partial charge in [0.1, 0.15) is 11.5 Å². The second-order valence-corrected chi connectivity index (χ2v) is 7.76. The molecule has 1 aliphatic heterocycles. The molecule has 0 aromatic heterocycles. The average molecular weight is 463 g/mol. The van der Waals surface area contributed by atoms with Crippen molar-refractivity contribution in [3.05, 3.63) is 40.9 Å². The minimum Gasteiger partial charge on any atom is -0.495 e. The summed E-state index contributed by atoms with van der Waals surface area (Å²) in [5.41, 5.74) is 1.45. The van der Waals surface area contributed by atoms with Gasteiger partial charge in [0.2, 0.25) is 11.8 Å². The first-order valence-corrected chi connectivity index (χ1v) is 10.5. The molecule has 0 bridgehead atoms. The van der Waals surface area contributed by atoms with Gasteiger partial charge < -0.3 is 29.2 Å². The Balaban J connectivity index is 1.62. The molecular weight excluding hydrogens is 436 g/mol. The molecule has 1 heterocycles. The van der Waals surface area contributed by atoms with Crippen molar-refractivity contribution in [3.8, 4) is 23.0 Å². The van der Waals surface area contributed by atoms with E-state index in [0.717, 1.165) is 5.56 Å². The van der Waals surface area contributed by atoms with Crippen molar-refractivity contribution >= 4 is 29.1 Å². The first-order valence-electron chi connectivity index (χ1n) is 10.1. The molecule has 0 saturated carbocycles. The number of hydrogen-bond acceptors (Lipinski definition) is 6. The zero-order chi connectivity index (χ0) is 23.3. The molecule has 9 heteroatoms. The van der Waals surface area contributed by atoms with Crippen molar-refractivity contribution in [2.24, 2.45) is 5.92 Å². The maximum atomic E-state index is 12.8. The minimum absolute atomic E-state index is 0.0497. The zero-order valence-electron chi connectivity index (χ0n) is 18.6. The highest BCUT2D eigenvalue weighted by Crippen LogP contribution is 2.36. The monoisotopic (exact) mass is 462 g/mol. The van der Waals surface area contributed by atoms with E-state index in [4.69, 9.17) is 30.5 Å². The van der Waals surface area contributed by atoms with Gasteiger partial charge in [-0.25, -0.2) is 0 Å². The van der Waals surface area contributed by atoms with Gasteiger partial charge in [-0.05, 0) is 24.1 Å². The third-order valence-corrected chi connectivity index (χ3v) is 5.73. The third-order valence-electron chi connectivity index (χ3n) is 5.44. The minimum atomic E-state index is -0.459. The van der Waals surface area contributed by atoms with Crippen LogP contribution in [0.3, 0.4) is 0 Å². The van der Waals surface area contributed by atoms with Crippen LogP contribution in [0.1, 0.15) is 12.0 Å². The number of methoxy groups -OCH3 is 4. The largest absolute Gasteiger partial charge is 0.495 e. The van der Waals surface area contributed by atoms with E-state index in [-0.39, 0.29) is 18.2 Å². The second kappa shape index (κ2) is 10.5. The average Bonchev–Trinajstić information content (AvgIpc) is 3.18. The Hall–Kier alpha value is -3.13. The van der Waals surface area contributed by atoms with Crippen LogP contribution in [0.25, 0.3) is 0 Å². The summed E-state index contributed by atoms with van der Waals surface area (Å²) < 4.78 is 21.1. The van der Waals surface area contributed by atoms with Gasteiger partial charge in [0.05, 0.1) is 45.1 Å². The fraction of sp³-hybridized carbons (Fsp3) is 0.391. The highest BCUT2D eigenvalue weighted by molar-refractivity contribution is 6.32. The molecule has 1 unspecified atom stereocenters. The fourth-order valence-corrected chi connectivity index (χ4v) is 3.89. The quantitative estimate of drug-likeness (QED) is 0.614. The van der Waals surface area contributed by atoms with Gasteiger partial charge in [-0.3, -0.25) is 9.59 Å². The van der Waals surface area contributed by atoms with Crippen molar-refractivity contribution in [1.82, 2.24) is 4.90 Å². The number of nitrogens with one attached hydrogen (secondary N) is 1. The van der Waals surface area contributed by atoms with Crippen molar-refractivity contribution in [1.29, 1.82) is 0 Å². The Morgan fingerprint density at radius 3 is 2.34 bits per heavy atom. The molecule has 1 aliphatic rings. The second-order valence-electron chi connectivity index (χ2n) is 7.36. The summed E-state index contributed by atoms with van der Waals surface area (Å²) >= 11 is 6.12. The molecule has 1 atom stereocenters. The normalized spacial score (nSPS) is 15.5. The van der Waals surface area contributed by atoms with E-state index in [1.807, 2.05) is 18.2 Å². The first kappa shape index (κ1) is 23.5. The number of carbonyl (C=O) groups excluding carboxylic acids is 2. The summed E-state index contributed by atoms with van der Waals surface area (Å²) in [7, 11) is 6.15. The van der Waals surface area contributed by atoms with Crippen LogP contribution < -0.4 is 24.3 Å². The van der Waals surface area contributed by atoms with Crippen LogP contribution in [0.4, 0.5) is 5.69 Å². The van der Waals surface area contributed by atoms with Gasteiger partial charge in [-0.1, -0.05) is 17.7 Å². The highest BCUT2D eigenvalue weighted by atomic mass is 35.5. The van der Waals surface area contributed by atoms with E-state index in [9.17, 15) is 9.59 Å². The number of amides is 2. The molecule has 8 nitrogen and oxygen atoms in total. The van der Waals surface area contributed by atoms with E-state index in [1.54, 1.807) is 31.3 Å². The molecule has 2 aromatic rings. The maximum Gasteiger partial charge on any atom is 0.229 e. The molecule has 172 valence electrons. The molecule has 1 fully saturated rings. The molecule has 2 amide bonds. The lowest BCUT2D eigenvalue weighted by atomic mass is 10.1. The number of carbonyl (C=O) groups is 2. The number of likely N-dealkylation sites (tertiary alicyclic amines) is 1. The Labute approximate surface area is 192 Å². The van der Waals surface area contributed by atoms with Crippen LogP contribution >= 0.6 is 11.6 Å². The maximum absolute atomic E-state index is 12.8. The fourth-order valence-electron chi connectivity index (χ4n) is 3.66. The summed E-state index contributed by atoms with van der Waals surface area (Å²) in [5.74, 6) is 1.36. The van der Waals surface area contributed by atoms with Crippen molar-refractivity contribution < 1.29 is 28.5 Å². The van der Waals surface area contributed by atoms with Gasteiger partial charge in [0.25, 0.3) is 0 Å². The molecule has 1 N–H and O–H groups in total. The van der Waals surface area contributed by atoms with Crippen LogP contribution in [0, 0.1) is 5.92 Å². The standard InChI is InChI=1S/C23H27ClN2O6/c1-29-18-6-5-14(9-21(18)32-4)7-8-26-13-15(10-22(26)27)23(28)25-17-12-19(30-2)16(24)11-20(17)31-3/h5-6,9,11-12,15H,7-8,10,13H2,1-4H3,(H,25,28). The first-order chi connectivity index (χ1) is 15.4. The van der Waals surface area contributed by atoms with Crippen LogP contribution in [0.5, 0.6) is 23.0 Å². The SMILES string of the molecule is COc1cc(NC(=O)C2CC(=O)N(CCc3ccc(OC)c(OC)c3)C2)c(OC)cc1Cl. The predicted octanol–water partition coefficient (Wildman–Crippen LogP) is 3.40. The number of nitrogens with zero attached hydrogens (tertiary/aromatic N) is 1. The summed E-state index contributed by atoms with van der Waals surface area (Å²) in [6.45, 7) is 0.862. The Morgan fingerprint density at radius 2 is 1.69 bits per heavy atom. The van der Waals surface area contributed by atoms with E-state index in [1.165, 1.54) is 14.2 Å². The van der Waals surface area contributed by atoms with Gasteiger partial charge in [0, 0.05) is 31.6 Å². The summed E-state index contributed by atoms with van der Waals surface area (Å²) in [6, 6.07) is 8.84. The number of anilines is 1. The molecule has 0 aliphatic carbocycles. The topological polar surface area (TPSA) is 86.3 Å². The van der Waals surface area contributed by atoms with Crippen LogP contribution in [0.15, 0.2) is 30.3 Å². The van der Waals surface area contributed by atoms with Crippen molar-refractivity contribution in [3.63, 3.8) is 0 Å². The number of benzene rings is 2. The molecule has 3 rings (SSSR count). The lowest BCUT2D eigenvalue weighted by molar-refractivity contribution is -0.128. The van der Waals surface area contributed by atoms with E-state index < -0.39 is 5.92 Å². The van der Waals surface area contributed by atoms with Crippen LogP contribution in [-0.2, 0) is 16.0 Å². The third kappa shape index (κ3) is 5.19. The molecular formula is C23H27ClN2O6. The van der Waals surface area contributed by atoms with Gasteiger partial charge in [0.15, 0.2) is 11.5 Å². The van der Waals surface area contributed by atoms with E-state index >= 15 is 0 Å². The molecule has 2 aromatic carbocycles. The molecule has 0 radical (unpaired) electrons. The van der Waals surface area contributed by atoms with Crippen molar-refractivity contribution in [2.75, 3.05) is 46.8 Å². The summed E-state index contributed by atoms with van der Waals surface area (Å²) in [4.78, 5) is 27.0. The lowest BCUT2D eigenvalue weighted by Gasteiger charge is -2.18. The lowest BCUT2D eigenvalue weighted by Crippen LogP contribution is -2.30. The predicted molar refractivity (Wildman–Crippen MR) is 121 cm³/mol. The van der Waals surface area contributed by atoms with Gasteiger partial charge >= 0.3 is 0 Å². The van der Waals surface area contributed by atoms with Crippen LogP contribution in [-0.4, -0.2) is 58.2 Å². The number of ether oxygens (including phenoxy) is 4. The molecule has 1 saturated heterocycles. The molecule has 0 spiro atoms. The van der Waals surface area contributed by atoms with Crippen LogP contribution in [0.2, 0.25) is 5.02 Å². The number of rotatable bonds is 9. The van der Waals surface area contributed by atoms with Gasteiger partial charge in [-0.15, -0.1) is 0 Å². The summed E-state index contributed by atoms with van der Waals surface area (Å²) in [5, 5.41) is 3.21. The Kier molecular flexibility index (Phi) is 7.69. The van der Waals surface area contributed by atoms with Crippen molar-refractivity contribution in [2.45, 2.75) is 12.8 Å². The smallest absolute Gasteiger partial charge is 0.229 e. The van der Waals surface area contributed by atoms with E-state index in [0.29, 0.717) is 53.2 Å². The highest BCUT2D eigenvalue weighted by Gasteiger charge is 2.34. The summed E-state index contributed by atoms with van der Waals surface area (Å²) in [6.07, 6.45) is 0.799. The number of halogens is 1. The van der Waals surface area contributed by atoms with Gasteiger partial charge in [-0.2, -0.15) is 0 Å². The zero-order valence-corrected chi connectivity index (χ0v) is 19.3. The van der Waals surface area contributed by atoms with E-state index in [2.05, 4.69) is 5.32 Å². The number of hydrogen-bond donors (Lipinski definition) is 1. The Bertz CT molecular complexity index is 997.